The fraction of sp³-hybridized carbons (Fsp3) is 0.235. The lowest BCUT2D eigenvalue weighted by atomic mass is 10.1. The second kappa shape index (κ2) is 7.62. The molecule has 0 saturated carbocycles. The molecule has 3 rings (SSSR count). The van der Waals surface area contributed by atoms with E-state index in [1.54, 1.807) is 6.92 Å². The maximum absolute atomic E-state index is 12.9. The van der Waals surface area contributed by atoms with Crippen molar-refractivity contribution in [2.24, 2.45) is 0 Å². The minimum absolute atomic E-state index is 0.0654. The maximum atomic E-state index is 12.9. The van der Waals surface area contributed by atoms with Crippen molar-refractivity contribution >= 4 is 5.91 Å². The highest BCUT2D eigenvalue weighted by molar-refractivity contribution is 5.75. The number of rotatable bonds is 5. The largest absolute Gasteiger partial charge is 0.416 e. The molecule has 1 N–H and O–H groups in total. The van der Waals surface area contributed by atoms with Crippen LogP contribution in [0.2, 0.25) is 0 Å². The predicted molar refractivity (Wildman–Crippen MR) is 90.9 cm³/mol. The highest BCUT2D eigenvalue weighted by atomic mass is 19.4. The molecule has 0 aliphatic rings. The van der Waals surface area contributed by atoms with Crippen LogP contribution < -0.4 is 10.9 Å². The Kier molecular flexibility index (Phi) is 5.25. The van der Waals surface area contributed by atoms with Gasteiger partial charge in [-0.05, 0) is 25.1 Å². The number of amides is 1. The number of alkyl halides is 3. The van der Waals surface area contributed by atoms with E-state index in [1.807, 2.05) is 0 Å². The molecule has 11 heteroatoms. The van der Waals surface area contributed by atoms with E-state index < -0.39 is 23.2 Å². The van der Waals surface area contributed by atoms with Crippen LogP contribution in [0.4, 0.5) is 13.2 Å². The summed E-state index contributed by atoms with van der Waals surface area (Å²) in [7, 11) is 0. The molecule has 146 valence electrons. The number of benzene rings is 1. The zero-order valence-corrected chi connectivity index (χ0v) is 14.5. The van der Waals surface area contributed by atoms with Gasteiger partial charge in [0, 0.05) is 18.2 Å². The maximum Gasteiger partial charge on any atom is 0.416 e. The van der Waals surface area contributed by atoms with E-state index in [2.05, 4.69) is 20.6 Å². The predicted octanol–water partition coefficient (Wildman–Crippen LogP) is 2.12. The van der Waals surface area contributed by atoms with Crippen molar-refractivity contribution in [2.45, 2.75) is 19.6 Å². The van der Waals surface area contributed by atoms with E-state index >= 15 is 0 Å². The number of carbonyl (C=O) groups is 1. The van der Waals surface area contributed by atoms with Crippen molar-refractivity contribution in [1.82, 2.24) is 25.2 Å². The molecule has 0 spiro atoms. The summed E-state index contributed by atoms with van der Waals surface area (Å²) in [6, 6.07) is 6.98. The van der Waals surface area contributed by atoms with Gasteiger partial charge in [-0.2, -0.15) is 23.3 Å². The Morgan fingerprint density at radius 1 is 1.25 bits per heavy atom. The summed E-state index contributed by atoms with van der Waals surface area (Å²) in [5.74, 6) is -0.564. The van der Waals surface area contributed by atoms with E-state index in [0.717, 1.165) is 16.8 Å². The molecule has 28 heavy (non-hydrogen) atoms. The molecule has 2 heterocycles. The molecule has 1 amide bonds. The smallest absolute Gasteiger partial charge is 0.355 e. The van der Waals surface area contributed by atoms with Crippen molar-refractivity contribution in [3.63, 3.8) is 0 Å². The van der Waals surface area contributed by atoms with Gasteiger partial charge in [0.05, 0.1) is 5.56 Å². The zero-order chi connectivity index (χ0) is 20.3. The highest BCUT2D eigenvalue weighted by Crippen LogP contribution is 2.31. The van der Waals surface area contributed by atoms with Crippen molar-refractivity contribution in [3.8, 4) is 23.0 Å². The molecule has 0 saturated heterocycles. The molecular weight excluding hydrogens is 379 g/mol. The van der Waals surface area contributed by atoms with Crippen LogP contribution in [0.3, 0.4) is 0 Å². The number of nitrogens with one attached hydrogen (secondary N) is 1. The quantitative estimate of drug-likeness (QED) is 0.712. The van der Waals surface area contributed by atoms with Gasteiger partial charge in [-0.15, -0.1) is 0 Å². The third kappa shape index (κ3) is 4.24. The van der Waals surface area contributed by atoms with Crippen LogP contribution >= 0.6 is 0 Å². The van der Waals surface area contributed by atoms with Crippen molar-refractivity contribution in [2.75, 3.05) is 6.54 Å². The summed E-state index contributed by atoms with van der Waals surface area (Å²) < 4.78 is 44.5. The first-order chi connectivity index (χ1) is 13.3. The van der Waals surface area contributed by atoms with Gasteiger partial charge in [-0.3, -0.25) is 9.59 Å². The van der Waals surface area contributed by atoms with E-state index in [0.29, 0.717) is 6.54 Å². The molecule has 1 aromatic carbocycles. The van der Waals surface area contributed by atoms with Crippen LogP contribution in [0.25, 0.3) is 23.0 Å². The summed E-state index contributed by atoms with van der Waals surface area (Å²) in [6.07, 6.45) is -4.50. The zero-order valence-electron chi connectivity index (χ0n) is 14.5. The van der Waals surface area contributed by atoms with Gasteiger partial charge < -0.3 is 9.84 Å². The summed E-state index contributed by atoms with van der Waals surface area (Å²) in [4.78, 5) is 27.5. The third-order valence-corrected chi connectivity index (χ3v) is 3.63. The molecule has 0 atom stereocenters. The standard InChI is InChI=1S/C17H14F3N5O3/c1-2-21-13(26)9-25-14(27)7-6-12(23-25)16-22-15(24-28-16)10-4-3-5-11(8-10)17(18,19)20/h3-8H,2,9H2,1H3,(H,21,26). The number of hydrogen-bond acceptors (Lipinski definition) is 6. The van der Waals surface area contributed by atoms with Gasteiger partial charge >= 0.3 is 6.18 Å². The Balaban J connectivity index is 1.90. The van der Waals surface area contributed by atoms with E-state index in [4.69, 9.17) is 4.52 Å². The highest BCUT2D eigenvalue weighted by Gasteiger charge is 2.30. The van der Waals surface area contributed by atoms with E-state index in [1.165, 1.54) is 24.3 Å². The number of nitrogens with zero attached hydrogens (tertiary/aromatic N) is 4. The number of hydrogen-bond donors (Lipinski definition) is 1. The Labute approximate surface area is 156 Å². The van der Waals surface area contributed by atoms with Crippen LogP contribution in [0, 0.1) is 0 Å². The summed E-state index contributed by atoms with van der Waals surface area (Å²) in [5, 5.41) is 10.2. The Bertz CT molecular complexity index is 1060. The van der Waals surface area contributed by atoms with E-state index in [9.17, 15) is 22.8 Å². The van der Waals surface area contributed by atoms with Crippen LogP contribution in [-0.4, -0.2) is 32.4 Å². The van der Waals surface area contributed by atoms with Crippen molar-refractivity contribution < 1.29 is 22.5 Å². The molecule has 0 unspecified atom stereocenters. The molecule has 3 aromatic rings. The normalized spacial score (nSPS) is 11.4. The lowest BCUT2D eigenvalue weighted by Crippen LogP contribution is -2.33. The van der Waals surface area contributed by atoms with Crippen molar-refractivity contribution in [1.29, 1.82) is 0 Å². The molecule has 0 aliphatic carbocycles. The van der Waals surface area contributed by atoms with Gasteiger partial charge in [0.1, 0.15) is 12.2 Å². The fourth-order valence-electron chi connectivity index (χ4n) is 2.34. The lowest BCUT2D eigenvalue weighted by molar-refractivity contribution is -0.137. The molecule has 2 aromatic heterocycles. The first-order valence-corrected chi connectivity index (χ1v) is 8.14. The van der Waals surface area contributed by atoms with Gasteiger partial charge in [-0.1, -0.05) is 17.3 Å². The molecule has 0 radical (unpaired) electrons. The van der Waals surface area contributed by atoms with Crippen LogP contribution in [0.5, 0.6) is 0 Å². The van der Waals surface area contributed by atoms with Crippen molar-refractivity contribution in [3.05, 3.63) is 52.3 Å². The second-order valence-corrected chi connectivity index (χ2v) is 5.67. The van der Waals surface area contributed by atoms with Gasteiger partial charge in [0.15, 0.2) is 0 Å². The van der Waals surface area contributed by atoms with Gasteiger partial charge in [0.2, 0.25) is 11.7 Å². The average molecular weight is 393 g/mol. The summed E-state index contributed by atoms with van der Waals surface area (Å²) >= 11 is 0. The minimum Gasteiger partial charge on any atom is -0.355 e. The molecule has 0 bridgehead atoms. The fourth-order valence-corrected chi connectivity index (χ4v) is 2.34. The monoisotopic (exact) mass is 393 g/mol. The molecule has 0 fully saturated rings. The molecule has 0 aliphatic heterocycles. The lowest BCUT2D eigenvalue weighted by Gasteiger charge is -2.06. The first-order valence-electron chi connectivity index (χ1n) is 8.14. The SMILES string of the molecule is CCNC(=O)Cn1nc(-c2nc(-c3cccc(C(F)(F)F)c3)no2)ccc1=O. The first kappa shape index (κ1) is 19.3. The number of halogens is 3. The number of likely N-dealkylation sites (N-methyl/N-ethyl adjacent to an activating group) is 1. The summed E-state index contributed by atoms with van der Waals surface area (Å²) in [6.45, 7) is 1.84. The second-order valence-electron chi connectivity index (χ2n) is 5.67. The number of carbonyl (C=O) groups excluding carboxylic acids is 1. The third-order valence-electron chi connectivity index (χ3n) is 3.63. The topological polar surface area (TPSA) is 103 Å². The average Bonchev–Trinajstić information content (AvgIpc) is 3.13. The Morgan fingerprint density at radius 3 is 2.75 bits per heavy atom. The Hall–Kier alpha value is -3.50. The van der Waals surface area contributed by atoms with Crippen LogP contribution in [-0.2, 0) is 17.5 Å². The minimum atomic E-state index is -4.50. The molecular formula is C17H14F3N5O3. The van der Waals surface area contributed by atoms with Crippen LogP contribution in [0.15, 0.2) is 45.7 Å². The van der Waals surface area contributed by atoms with Gasteiger partial charge in [-0.25, -0.2) is 4.68 Å². The number of aromatic nitrogens is 4. The summed E-state index contributed by atoms with van der Waals surface area (Å²) in [5.41, 5.74) is -1.13. The Morgan fingerprint density at radius 2 is 2.04 bits per heavy atom. The molecule has 8 nitrogen and oxygen atoms in total. The van der Waals surface area contributed by atoms with Crippen LogP contribution in [0.1, 0.15) is 12.5 Å². The van der Waals surface area contributed by atoms with E-state index in [-0.39, 0.29) is 29.5 Å². The van der Waals surface area contributed by atoms with Gasteiger partial charge in [0.25, 0.3) is 11.4 Å².